The fourth-order valence-electron chi connectivity index (χ4n) is 3.02. The Bertz CT molecular complexity index is 606. The predicted octanol–water partition coefficient (Wildman–Crippen LogP) is 3.95. The lowest BCUT2D eigenvalue weighted by Crippen LogP contribution is -2.47. The summed E-state index contributed by atoms with van der Waals surface area (Å²) in [5.74, 6) is -0.897. The molecule has 7 heteroatoms. The van der Waals surface area contributed by atoms with Gasteiger partial charge in [-0.3, -0.25) is 4.79 Å². The number of hydrogen-bond acceptors (Lipinski definition) is 3. The largest absolute Gasteiger partial charge is 0.497 e. The van der Waals surface area contributed by atoms with Crippen LogP contribution < -0.4 is 14.8 Å². The van der Waals surface area contributed by atoms with Crippen LogP contribution in [0.15, 0.2) is 24.3 Å². The highest BCUT2D eigenvalue weighted by atomic mass is 19.4. The molecule has 1 aromatic carbocycles. The molecular formula is C18H22F3NO3. The average molecular weight is 357 g/mol. The highest BCUT2D eigenvalue weighted by molar-refractivity contribution is 5.92. The van der Waals surface area contributed by atoms with Crippen molar-refractivity contribution >= 4 is 12.0 Å². The van der Waals surface area contributed by atoms with Gasteiger partial charge in [0.25, 0.3) is 0 Å². The van der Waals surface area contributed by atoms with Crippen LogP contribution in [0.5, 0.6) is 11.5 Å². The molecule has 0 radical (unpaired) electrons. The summed E-state index contributed by atoms with van der Waals surface area (Å²) in [6.07, 6.45) is 0.0938. The number of rotatable bonds is 5. The summed E-state index contributed by atoms with van der Waals surface area (Å²) in [6, 6.07) is 4.22. The first-order chi connectivity index (χ1) is 11.8. The third-order valence-corrected chi connectivity index (χ3v) is 4.31. The van der Waals surface area contributed by atoms with Crippen molar-refractivity contribution in [1.29, 1.82) is 0 Å². The summed E-state index contributed by atoms with van der Waals surface area (Å²) < 4.78 is 49.5. The maximum atomic E-state index is 13.1. The SMILES string of the molecule is COc1cc(C=CC(=O)NC2CCCCC2C(F)(F)F)cc(OC)c1. The zero-order valence-electron chi connectivity index (χ0n) is 14.2. The molecule has 1 amide bonds. The first kappa shape index (κ1) is 19.1. The van der Waals surface area contributed by atoms with Crippen LogP contribution in [-0.4, -0.2) is 32.3 Å². The molecule has 1 aliphatic carbocycles. The summed E-state index contributed by atoms with van der Waals surface area (Å²) in [5, 5.41) is 2.49. The number of halogens is 3. The maximum Gasteiger partial charge on any atom is 0.393 e. The van der Waals surface area contributed by atoms with Gasteiger partial charge < -0.3 is 14.8 Å². The lowest BCUT2D eigenvalue weighted by Gasteiger charge is -2.33. The Kier molecular flexibility index (Phi) is 6.33. The first-order valence-corrected chi connectivity index (χ1v) is 8.12. The van der Waals surface area contributed by atoms with Gasteiger partial charge in [-0.15, -0.1) is 0 Å². The minimum Gasteiger partial charge on any atom is -0.497 e. The molecule has 1 saturated carbocycles. The number of benzene rings is 1. The van der Waals surface area contributed by atoms with Gasteiger partial charge in [0.1, 0.15) is 11.5 Å². The molecule has 1 aromatic rings. The van der Waals surface area contributed by atoms with Crippen molar-refractivity contribution in [1.82, 2.24) is 5.32 Å². The van der Waals surface area contributed by atoms with E-state index in [2.05, 4.69) is 5.32 Å². The number of carbonyl (C=O) groups excluding carboxylic acids is 1. The quantitative estimate of drug-likeness (QED) is 0.812. The van der Waals surface area contributed by atoms with E-state index in [-0.39, 0.29) is 6.42 Å². The Labute approximate surface area is 145 Å². The Morgan fingerprint density at radius 2 is 1.72 bits per heavy atom. The normalized spacial score (nSPS) is 21.2. The molecule has 0 bridgehead atoms. The van der Waals surface area contributed by atoms with Gasteiger partial charge in [0.2, 0.25) is 5.91 Å². The van der Waals surface area contributed by atoms with Crippen LogP contribution in [0.1, 0.15) is 31.2 Å². The second-order valence-electron chi connectivity index (χ2n) is 6.03. The van der Waals surface area contributed by atoms with Gasteiger partial charge in [-0.1, -0.05) is 12.8 Å². The lowest BCUT2D eigenvalue weighted by atomic mass is 9.84. The zero-order chi connectivity index (χ0) is 18.4. The van der Waals surface area contributed by atoms with E-state index in [4.69, 9.17) is 9.47 Å². The van der Waals surface area contributed by atoms with Crippen molar-refractivity contribution in [2.45, 2.75) is 37.9 Å². The minimum absolute atomic E-state index is 0.0608. The molecule has 0 aliphatic heterocycles. The Hall–Kier alpha value is -2.18. The molecule has 2 unspecified atom stereocenters. The number of carbonyl (C=O) groups is 1. The average Bonchev–Trinajstić information content (AvgIpc) is 2.59. The van der Waals surface area contributed by atoms with Crippen LogP contribution in [0.25, 0.3) is 6.08 Å². The first-order valence-electron chi connectivity index (χ1n) is 8.12. The molecule has 0 saturated heterocycles. The lowest BCUT2D eigenvalue weighted by molar-refractivity contribution is -0.188. The van der Waals surface area contributed by atoms with Gasteiger partial charge in [0.05, 0.1) is 20.1 Å². The van der Waals surface area contributed by atoms with E-state index >= 15 is 0 Å². The van der Waals surface area contributed by atoms with Gasteiger partial charge in [-0.2, -0.15) is 13.2 Å². The molecule has 2 rings (SSSR count). The van der Waals surface area contributed by atoms with E-state index in [1.807, 2.05) is 0 Å². The summed E-state index contributed by atoms with van der Waals surface area (Å²) >= 11 is 0. The fourth-order valence-corrected chi connectivity index (χ4v) is 3.02. The van der Waals surface area contributed by atoms with Crippen molar-refractivity contribution in [3.8, 4) is 11.5 Å². The molecule has 1 N–H and O–H groups in total. The van der Waals surface area contributed by atoms with Gasteiger partial charge in [-0.25, -0.2) is 0 Å². The zero-order valence-corrected chi connectivity index (χ0v) is 14.2. The minimum atomic E-state index is -4.29. The Morgan fingerprint density at radius 3 is 2.28 bits per heavy atom. The van der Waals surface area contributed by atoms with Crippen molar-refractivity contribution in [3.63, 3.8) is 0 Å². The van der Waals surface area contributed by atoms with Crippen molar-refractivity contribution in [2.24, 2.45) is 5.92 Å². The van der Waals surface area contributed by atoms with Crippen LogP contribution >= 0.6 is 0 Å². The number of methoxy groups -OCH3 is 2. The molecule has 1 fully saturated rings. The van der Waals surface area contributed by atoms with Crippen LogP contribution in [0.2, 0.25) is 0 Å². The van der Waals surface area contributed by atoms with E-state index in [1.165, 1.54) is 26.4 Å². The molecule has 0 spiro atoms. The monoisotopic (exact) mass is 357 g/mol. The predicted molar refractivity (Wildman–Crippen MR) is 88.5 cm³/mol. The van der Waals surface area contributed by atoms with Crippen molar-refractivity contribution in [3.05, 3.63) is 29.8 Å². The van der Waals surface area contributed by atoms with Gasteiger partial charge in [-0.05, 0) is 36.6 Å². The van der Waals surface area contributed by atoms with Crippen LogP contribution in [-0.2, 0) is 4.79 Å². The van der Waals surface area contributed by atoms with E-state index in [0.717, 1.165) is 0 Å². The van der Waals surface area contributed by atoms with Gasteiger partial charge >= 0.3 is 6.18 Å². The Morgan fingerprint density at radius 1 is 1.12 bits per heavy atom. The number of ether oxygens (including phenoxy) is 2. The third kappa shape index (κ3) is 5.41. The van der Waals surface area contributed by atoms with Crippen LogP contribution in [0.4, 0.5) is 13.2 Å². The molecule has 25 heavy (non-hydrogen) atoms. The molecule has 138 valence electrons. The van der Waals surface area contributed by atoms with Gasteiger partial charge in [0.15, 0.2) is 0 Å². The van der Waals surface area contributed by atoms with E-state index in [0.29, 0.717) is 36.3 Å². The van der Waals surface area contributed by atoms with Crippen molar-refractivity contribution in [2.75, 3.05) is 14.2 Å². The van der Waals surface area contributed by atoms with Crippen LogP contribution in [0.3, 0.4) is 0 Å². The Balaban J connectivity index is 2.05. The van der Waals surface area contributed by atoms with Crippen LogP contribution in [0, 0.1) is 5.92 Å². The third-order valence-electron chi connectivity index (χ3n) is 4.31. The summed E-state index contributed by atoms with van der Waals surface area (Å²) in [6.45, 7) is 0. The second kappa shape index (κ2) is 8.27. The number of nitrogens with one attached hydrogen (secondary N) is 1. The topological polar surface area (TPSA) is 47.6 Å². The number of hydrogen-bond donors (Lipinski definition) is 1. The summed E-state index contributed by atoms with van der Waals surface area (Å²) in [4.78, 5) is 12.0. The molecular weight excluding hydrogens is 335 g/mol. The number of amides is 1. The smallest absolute Gasteiger partial charge is 0.393 e. The summed E-state index contributed by atoms with van der Waals surface area (Å²) in [5.41, 5.74) is 0.655. The van der Waals surface area contributed by atoms with E-state index < -0.39 is 24.0 Å². The molecule has 4 nitrogen and oxygen atoms in total. The standard InChI is InChI=1S/C18H22F3NO3/c1-24-13-9-12(10-14(11-13)25-2)7-8-17(23)22-16-6-4-3-5-15(16)18(19,20)21/h7-11,15-16H,3-6H2,1-2H3,(H,22,23). The molecule has 0 heterocycles. The fraction of sp³-hybridized carbons (Fsp3) is 0.500. The second-order valence-corrected chi connectivity index (χ2v) is 6.03. The summed E-state index contributed by atoms with van der Waals surface area (Å²) in [7, 11) is 3.02. The van der Waals surface area contributed by atoms with Gasteiger partial charge in [0, 0.05) is 18.2 Å². The highest BCUT2D eigenvalue weighted by Crippen LogP contribution is 2.37. The molecule has 2 atom stereocenters. The van der Waals surface area contributed by atoms with Crippen molar-refractivity contribution < 1.29 is 27.4 Å². The number of alkyl halides is 3. The van der Waals surface area contributed by atoms with E-state index in [1.54, 1.807) is 18.2 Å². The molecule has 0 aromatic heterocycles. The maximum absolute atomic E-state index is 13.1. The van der Waals surface area contributed by atoms with E-state index in [9.17, 15) is 18.0 Å². The highest BCUT2D eigenvalue weighted by Gasteiger charge is 2.45. The molecule has 1 aliphatic rings.